The second-order valence-electron chi connectivity index (χ2n) is 10.4. The smallest absolute Gasteiger partial charge is 0.325 e. The predicted molar refractivity (Wildman–Crippen MR) is 159 cm³/mol. The monoisotopic (exact) mass is 571 g/mol. The van der Waals surface area contributed by atoms with Crippen LogP contribution < -0.4 is 16.0 Å². The summed E-state index contributed by atoms with van der Waals surface area (Å²) in [5.41, 5.74) is 2.89. The van der Waals surface area contributed by atoms with Crippen LogP contribution in [0.3, 0.4) is 0 Å². The lowest BCUT2D eigenvalue weighted by atomic mass is 10.0. The lowest BCUT2D eigenvalue weighted by Crippen LogP contribution is -2.56. The third-order valence-electron chi connectivity index (χ3n) is 6.34. The molecule has 0 aliphatic heterocycles. The number of carboxylic acids is 1. The zero-order chi connectivity index (χ0) is 30.5. The van der Waals surface area contributed by atoms with Gasteiger partial charge < -0.3 is 21.1 Å². The summed E-state index contributed by atoms with van der Waals surface area (Å²) in [4.78, 5) is 50.6. The van der Waals surface area contributed by atoms with Gasteiger partial charge in [0.05, 0.1) is 17.8 Å². The zero-order valence-corrected chi connectivity index (χ0v) is 24.0. The van der Waals surface area contributed by atoms with Gasteiger partial charge in [0.25, 0.3) is 0 Å². The molecule has 0 saturated carbocycles. The molecule has 0 unspecified atom stereocenters. The maximum atomic E-state index is 13.4. The van der Waals surface area contributed by atoms with E-state index in [4.69, 9.17) is 0 Å². The van der Waals surface area contributed by atoms with E-state index in [0.29, 0.717) is 12.1 Å². The number of hydrogen-bond acceptors (Lipinski definition) is 6. The Hall–Kier alpha value is -4.86. The van der Waals surface area contributed by atoms with Gasteiger partial charge in [0.2, 0.25) is 17.7 Å². The number of aliphatic carboxylic acids is 1. The number of hydrogen-bond donors (Lipinski definition) is 4. The topological polar surface area (TPSA) is 149 Å². The summed E-state index contributed by atoms with van der Waals surface area (Å²) < 4.78 is 0. The molecule has 4 N–H and O–H groups in total. The predicted octanol–water partition coefficient (Wildman–Crippen LogP) is 4.49. The Balaban J connectivity index is 1.66. The first kappa shape index (κ1) is 31.7. The Bertz CT molecular complexity index is 1360. The number of carbonyl (C=O) groups is 4. The van der Waals surface area contributed by atoms with E-state index in [1.54, 1.807) is 24.3 Å². The number of azo groups is 1. The molecule has 220 valence electrons. The summed E-state index contributed by atoms with van der Waals surface area (Å²) in [6.07, 6.45) is 0.546. The summed E-state index contributed by atoms with van der Waals surface area (Å²) in [6.45, 7) is 5.21. The average Bonchev–Trinajstić information content (AvgIpc) is 2.96. The first-order valence-electron chi connectivity index (χ1n) is 13.8. The van der Waals surface area contributed by atoms with Crippen LogP contribution in [0.15, 0.2) is 95.2 Å². The Labute approximate surface area is 245 Å². The third kappa shape index (κ3) is 10.6. The molecule has 0 saturated heterocycles. The molecule has 0 fully saturated rings. The van der Waals surface area contributed by atoms with Gasteiger partial charge in [-0.25, -0.2) is 0 Å². The maximum Gasteiger partial charge on any atom is 0.325 e. The summed E-state index contributed by atoms with van der Waals surface area (Å²) >= 11 is 0. The van der Waals surface area contributed by atoms with Crippen LogP contribution in [0.4, 0.5) is 11.4 Å². The van der Waals surface area contributed by atoms with Crippen molar-refractivity contribution in [2.24, 2.45) is 16.1 Å². The minimum absolute atomic E-state index is 0.0437. The van der Waals surface area contributed by atoms with E-state index in [2.05, 4.69) is 26.2 Å². The fourth-order valence-corrected chi connectivity index (χ4v) is 4.13. The van der Waals surface area contributed by atoms with Crippen molar-refractivity contribution in [1.29, 1.82) is 0 Å². The van der Waals surface area contributed by atoms with Gasteiger partial charge in [0.15, 0.2) is 0 Å². The van der Waals surface area contributed by atoms with Crippen molar-refractivity contribution in [3.8, 4) is 0 Å². The summed E-state index contributed by atoms with van der Waals surface area (Å²) in [5, 5.41) is 25.6. The van der Waals surface area contributed by atoms with Gasteiger partial charge in [-0.3, -0.25) is 19.2 Å². The molecule has 0 aliphatic rings. The van der Waals surface area contributed by atoms with Crippen LogP contribution in [0.5, 0.6) is 0 Å². The van der Waals surface area contributed by atoms with Gasteiger partial charge in [-0.15, -0.1) is 0 Å². The first-order valence-corrected chi connectivity index (χ1v) is 13.8. The molecule has 3 rings (SSSR count). The van der Waals surface area contributed by atoms with Crippen LogP contribution in [0.2, 0.25) is 0 Å². The molecule has 3 aromatic rings. The van der Waals surface area contributed by atoms with Gasteiger partial charge in [-0.2, -0.15) is 10.2 Å². The molecule has 3 aromatic carbocycles. The van der Waals surface area contributed by atoms with Crippen molar-refractivity contribution in [2.75, 3.05) is 0 Å². The van der Waals surface area contributed by atoms with E-state index >= 15 is 0 Å². The molecular formula is C32H37N5O5. The van der Waals surface area contributed by atoms with Crippen LogP contribution in [0.1, 0.15) is 38.3 Å². The average molecular weight is 572 g/mol. The minimum atomic E-state index is -1.19. The molecule has 3 atom stereocenters. The molecule has 0 heterocycles. The summed E-state index contributed by atoms with van der Waals surface area (Å²) in [5.74, 6) is -2.61. The summed E-state index contributed by atoms with van der Waals surface area (Å²) in [7, 11) is 0. The van der Waals surface area contributed by atoms with E-state index in [1.165, 1.54) is 6.92 Å². The lowest BCUT2D eigenvalue weighted by Gasteiger charge is -2.25. The first-order chi connectivity index (χ1) is 20.1. The zero-order valence-electron chi connectivity index (χ0n) is 24.0. The largest absolute Gasteiger partial charge is 0.480 e. The van der Waals surface area contributed by atoms with E-state index in [0.717, 1.165) is 16.8 Å². The van der Waals surface area contributed by atoms with Crippen molar-refractivity contribution in [3.63, 3.8) is 0 Å². The highest BCUT2D eigenvalue weighted by molar-refractivity contribution is 5.93. The molecule has 3 amide bonds. The van der Waals surface area contributed by atoms with E-state index in [9.17, 15) is 24.3 Å². The molecule has 0 aromatic heterocycles. The van der Waals surface area contributed by atoms with Crippen LogP contribution in [-0.2, 0) is 32.0 Å². The Morgan fingerprint density at radius 1 is 0.667 bits per heavy atom. The number of nitrogens with zero attached hydrogens (tertiary/aromatic N) is 2. The number of rotatable bonds is 14. The van der Waals surface area contributed by atoms with Gasteiger partial charge >= 0.3 is 5.97 Å². The Morgan fingerprint density at radius 3 is 1.79 bits per heavy atom. The van der Waals surface area contributed by atoms with Gasteiger partial charge in [-0.05, 0) is 54.7 Å². The highest BCUT2D eigenvalue weighted by Crippen LogP contribution is 2.18. The molecule has 42 heavy (non-hydrogen) atoms. The van der Waals surface area contributed by atoms with Crippen LogP contribution in [0.25, 0.3) is 0 Å². The molecule has 0 aliphatic carbocycles. The molecule has 10 nitrogen and oxygen atoms in total. The fraction of sp³-hybridized carbons (Fsp3) is 0.312. The van der Waals surface area contributed by atoms with Crippen molar-refractivity contribution in [1.82, 2.24) is 16.0 Å². The number of benzene rings is 3. The van der Waals surface area contributed by atoms with Crippen molar-refractivity contribution >= 4 is 35.1 Å². The molecule has 10 heteroatoms. The molecule has 0 bridgehead atoms. The second kappa shape index (κ2) is 15.8. The molecular weight excluding hydrogens is 534 g/mol. The normalized spacial score (nSPS) is 13.2. The van der Waals surface area contributed by atoms with Crippen LogP contribution in [-0.4, -0.2) is 46.9 Å². The van der Waals surface area contributed by atoms with Crippen LogP contribution in [0, 0.1) is 5.92 Å². The molecule has 0 radical (unpaired) electrons. The Morgan fingerprint density at radius 2 is 1.21 bits per heavy atom. The fourth-order valence-electron chi connectivity index (χ4n) is 4.13. The number of amides is 3. The Kier molecular flexibility index (Phi) is 11.9. The third-order valence-corrected chi connectivity index (χ3v) is 6.34. The second-order valence-corrected chi connectivity index (χ2v) is 10.4. The number of nitrogens with one attached hydrogen (secondary N) is 3. The van der Waals surface area contributed by atoms with Gasteiger partial charge in [0, 0.05) is 6.42 Å². The summed E-state index contributed by atoms with van der Waals surface area (Å²) in [6, 6.07) is 22.5. The van der Waals surface area contributed by atoms with Crippen molar-refractivity contribution in [3.05, 3.63) is 96.1 Å². The quantitative estimate of drug-likeness (QED) is 0.210. The number of carboxylic acid groups (broad SMARTS) is 1. The minimum Gasteiger partial charge on any atom is -0.480 e. The van der Waals surface area contributed by atoms with Gasteiger partial charge in [-0.1, -0.05) is 74.5 Å². The maximum absolute atomic E-state index is 13.4. The van der Waals surface area contributed by atoms with E-state index < -0.39 is 35.9 Å². The SMILES string of the molecule is CC(C)C[C@H](NC(=O)Cc1ccc(N=Nc2ccccc2)cc1)C(=O)N[C@@H](Cc1ccccc1)C(=O)N[C@@H](C)C(=O)O. The van der Waals surface area contributed by atoms with Crippen molar-refractivity contribution in [2.45, 2.75) is 58.2 Å². The van der Waals surface area contributed by atoms with Gasteiger partial charge in [0.1, 0.15) is 18.1 Å². The van der Waals surface area contributed by atoms with Crippen LogP contribution >= 0.6 is 0 Å². The lowest BCUT2D eigenvalue weighted by molar-refractivity contribution is -0.141. The van der Waals surface area contributed by atoms with E-state index in [-0.39, 0.29) is 24.7 Å². The highest BCUT2D eigenvalue weighted by atomic mass is 16.4. The number of carbonyl (C=O) groups excluding carboxylic acids is 3. The standard InChI is InChI=1S/C32H37N5O5/c1-21(2)18-27(31(40)35-28(19-23-10-6-4-7-11-23)30(39)33-22(3)32(41)42)34-29(38)20-24-14-16-26(17-15-24)37-36-25-12-8-5-9-13-25/h4-17,21-22,27-28H,18-20H2,1-3H3,(H,33,39)(H,34,38)(H,35,40)(H,41,42)/t22-,27-,28-/m0/s1. The van der Waals surface area contributed by atoms with E-state index in [1.807, 2.05) is 74.5 Å². The molecule has 0 spiro atoms. The van der Waals surface area contributed by atoms with Crippen molar-refractivity contribution < 1.29 is 24.3 Å². The highest BCUT2D eigenvalue weighted by Gasteiger charge is 2.29.